The maximum absolute atomic E-state index is 13.0. The molecule has 184 valence electrons. The molecule has 0 amide bonds. The lowest BCUT2D eigenvalue weighted by Crippen LogP contribution is -2.35. The Morgan fingerprint density at radius 1 is 1.22 bits per heavy atom. The van der Waals surface area contributed by atoms with Gasteiger partial charge in [-0.2, -0.15) is 0 Å². The predicted octanol–water partition coefficient (Wildman–Crippen LogP) is 6.44. The number of ether oxygens (including phenoxy) is 2. The average Bonchev–Trinajstić information content (AvgIpc) is 2.77. The van der Waals surface area contributed by atoms with Crippen LogP contribution in [0.2, 0.25) is 0 Å². The topological polar surface area (TPSA) is 55.8 Å². The maximum atomic E-state index is 13.0. The van der Waals surface area contributed by atoms with Crippen molar-refractivity contribution in [2.75, 3.05) is 14.2 Å². The number of Topliss-reactive ketones (excluding diaryl/α,β-unsaturated/α-hetero) is 1. The number of methoxy groups -OCH3 is 2. The molecule has 32 heavy (non-hydrogen) atoms. The van der Waals surface area contributed by atoms with Crippen molar-refractivity contribution in [2.45, 2.75) is 104 Å². The molecule has 0 bridgehead atoms. The van der Waals surface area contributed by atoms with Crippen molar-refractivity contribution in [3.05, 3.63) is 36.0 Å². The number of hydrogen-bond acceptors (Lipinski definition) is 4. The van der Waals surface area contributed by atoms with Crippen LogP contribution in [0.1, 0.15) is 85.5 Å². The number of rotatable bonds is 15. The van der Waals surface area contributed by atoms with Gasteiger partial charge in [0.2, 0.25) is 0 Å². The Kier molecular flexibility index (Phi) is 14.0. The highest BCUT2D eigenvalue weighted by molar-refractivity contribution is 5.82. The molecule has 1 rings (SSSR count). The first kappa shape index (κ1) is 28.8. The van der Waals surface area contributed by atoms with Gasteiger partial charge in [0, 0.05) is 26.6 Å². The fourth-order valence-corrected chi connectivity index (χ4v) is 4.94. The Bertz CT molecular complexity index is 621. The van der Waals surface area contributed by atoms with Crippen LogP contribution in [0.4, 0.5) is 0 Å². The highest BCUT2D eigenvalue weighted by Gasteiger charge is 2.29. The van der Waals surface area contributed by atoms with Crippen molar-refractivity contribution in [2.24, 2.45) is 17.8 Å². The quantitative estimate of drug-likeness (QED) is 0.293. The third kappa shape index (κ3) is 9.72. The molecule has 0 aromatic carbocycles. The summed E-state index contributed by atoms with van der Waals surface area (Å²) in [4.78, 5) is 13.0. The molecule has 0 aromatic rings. The molecular formula is C28H48O4. The van der Waals surface area contributed by atoms with Gasteiger partial charge in [-0.25, -0.2) is 0 Å². The zero-order valence-corrected chi connectivity index (χ0v) is 21.4. The highest BCUT2D eigenvalue weighted by Crippen LogP contribution is 2.30. The van der Waals surface area contributed by atoms with Gasteiger partial charge in [-0.1, -0.05) is 44.1 Å². The summed E-state index contributed by atoms with van der Waals surface area (Å²) in [5.41, 5.74) is 2.52. The molecule has 0 heterocycles. The van der Waals surface area contributed by atoms with Crippen molar-refractivity contribution in [3.8, 4) is 0 Å². The molecule has 4 nitrogen and oxygen atoms in total. The first-order valence-corrected chi connectivity index (χ1v) is 12.5. The molecular weight excluding hydrogens is 400 g/mol. The molecule has 6 atom stereocenters. The first-order valence-electron chi connectivity index (χ1n) is 12.5. The SMILES string of the molecule is C=CC[C@H](/C=C(\C)CCCC)C(=O)CC[C@@H](C)[C@H](OC)/C(C)=C/C1CC[C@@H](O)C(OC)C1. The lowest BCUT2D eigenvalue weighted by atomic mass is 9.82. The van der Waals surface area contributed by atoms with E-state index < -0.39 is 0 Å². The van der Waals surface area contributed by atoms with E-state index in [1.807, 2.05) is 6.08 Å². The predicted molar refractivity (Wildman–Crippen MR) is 134 cm³/mol. The van der Waals surface area contributed by atoms with Crippen LogP contribution in [-0.4, -0.2) is 43.4 Å². The molecule has 1 fully saturated rings. The molecule has 1 aliphatic rings. The third-order valence-electron chi connectivity index (χ3n) is 6.91. The van der Waals surface area contributed by atoms with Crippen LogP contribution in [-0.2, 0) is 14.3 Å². The summed E-state index contributed by atoms with van der Waals surface area (Å²) in [5, 5.41) is 10.1. The summed E-state index contributed by atoms with van der Waals surface area (Å²) in [6, 6.07) is 0. The Hall–Kier alpha value is -1.23. The van der Waals surface area contributed by atoms with E-state index in [2.05, 4.69) is 46.4 Å². The molecule has 1 aliphatic carbocycles. The zero-order valence-electron chi connectivity index (χ0n) is 21.4. The molecule has 2 unspecified atom stereocenters. The van der Waals surface area contributed by atoms with Gasteiger partial charge in [-0.3, -0.25) is 4.79 Å². The van der Waals surface area contributed by atoms with E-state index in [1.165, 1.54) is 24.0 Å². The Morgan fingerprint density at radius 2 is 1.94 bits per heavy atom. The molecule has 0 aromatic heterocycles. The minimum Gasteiger partial charge on any atom is -0.390 e. The van der Waals surface area contributed by atoms with E-state index in [-0.39, 0.29) is 30.1 Å². The molecule has 0 spiro atoms. The van der Waals surface area contributed by atoms with Gasteiger partial charge in [0.1, 0.15) is 5.78 Å². The summed E-state index contributed by atoms with van der Waals surface area (Å²) in [5.74, 6) is 0.882. The van der Waals surface area contributed by atoms with E-state index in [4.69, 9.17) is 9.47 Å². The summed E-state index contributed by atoms with van der Waals surface area (Å²) in [7, 11) is 3.42. The second kappa shape index (κ2) is 15.6. The Labute approximate surface area is 197 Å². The van der Waals surface area contributed by atoms with Crippen LogP contribution in [0.15, 0.2) is 36.0 Å². The van der Waals surface area contributed by atoms with E-state index >= 15 is 0 Å². The van der Waals surface area contributed by atoms with Gasteiger partial charge in [0.05, 0.1) is 18.3 Å². The fourth-order valence-electron chi connectivity index (χ4n) is 4.94. The highest BCUT2D eigenvalue weighted by atomic mass is 16.5. The van der Waals surface area contributed by atoms with E-state index in [0.29, 0.717) is 24.5 Å². The Morgan fingerprint density at radius 3 is 2.53 bits per heavy atom. The van der Waals surface area contributed by atoms with Crippen LogP contribution < -0.4 is 0 Å². The summed E-state index contributed by atoms with van der Waals surface area (Å²) >= 11 is 0. The van der Waals surface area contributed by atoms with Crippen LogP contribution in [0.3, 0.4) is 0 Å². The van der Waals surface area contributed by atoms with Gasteiger partial charge in [-0.15, -0.1) is 6.58 Å². The van der Waals surface area contributed by atoms with Crippen LogP contribution in [0.25, 0.3) is 0 Å². The zero-order chi connectivity index (χ0) is 24.1. The van der Waals surface area contributed by atoms with Gasteiger partial charge in [0.15, 0.2) is 0 Å². The number of unbranched alkanes of at least 4 members (excludes halogenated alkanes) is 1. The second-order valence-corrected chi connectivity index (χ2v) is 9.71. The second-order valence-electron chi connectivity index (χ2n) is 9.71. The molecule has 4 heteroatoms. The van der Waals surface area contributed by atoms with Gasteiger partial charge >= 0.3 is 0 Å². The van der Waals surface area contributed by atoms with E-state index in [0.717, 1.165) is 32.1 Å². The van der Waals surface area contributed by atoms with Crippen molar-refractivity contribution in [1.29, 1.82) is 0 Å². The lowest BCUT2D eigenvalue weighted by Gasteiger charge is -2.32. The van der Waals surface area contributed by atoms with Crippen LogP contribution in [0, 0.1) is 17.8 Å². The van der Waals surface area contributed by atoms with Gasteiger partial charge < -0.3 is 14.6 Å². The summed E-state index contributed by atoms with van der Waals surface area (Å²) < 4.78 is 11.3. The minimum absolute atomic E-state index is 0.00432. The summed E-state index contributed by atoms with van der Waals surface area (Å²) in [6.07, 6.45) is 13.9. The average molecular weight is 449 g/mol. The third-order valence-corrected chi connectivity index (χ3v) is 6.91. The standard InChI is InChI=1S/C28H48O4/c1-8-10-12-20(3)17-24(11-9-2)25(29)15-13-21(4)28(32-7)22(5)18-23-14-16-26(30)27(19-23)31-6/h9,17-18,21,23-24,26-28,30H,2,8,10-16,19H2,1,3-7H3/b20-17+,22-18+/t21-,23?,24-,26-,27?,28+/m1/s1. The minimum atomic E-state index is -0.365. The normalized spacial score (nSPS) is 25.3. The molecule has 0 saturated heterocycles. The number of aliphatic hydroxyl groups is 1. The van der Waals surface area contributed by atoms with Gasteiger partial charge in [-0.05, 0) is 76.2 Å². The van der Waals surface area contributed by atoms with Crippen molar-refractivity contribution in [3.63, 3.8) is 0 Å². The summed E-state index contributed by atoms with van der Waals surface area (Å²) in [6.45, 7) is 12.5. The largest absolute Gasteiger partial charge is 0.390 e. The van der Waals surface area contributed by atoms with E-state index in [9.17, 15) is 9.90 Å². The van der Waals surface area contributed by atoms with Crippen molar-refractivity contribution >= 4 is 5.78 Å². The monoisotopic (exact) mass is 448 g/mol. The fraction of sp³-hybridized carbons (Fsp3) is 0.750. The number of carbonyl (C=O) groups excluding carboxylic acids is 1. The lowest BCUT2D eigenvalue weighted by molar-refractivity contribution is -0.121. The number of carbonyl (C=O) groups is 1. The van der Waals surface area contributed by atoms with Crippen molar-refractivity contribution in [1.82, 2.24) is 0 Å². The maximum Gasteiger partial charge on any atom is 0.140 e. The molecule has 0 radical (unpaired) electrons. The van der Waals surface area contributed by atoms with Crippen LogP contribution >= 0.6 is 0 Å². The molecule has 0 aliphatic heterocycles. The van der Waals surface area contributed by atoms with Gasteiger partial charge in [0.25, 0.3) is 0 Å². The molecule has 1 saturated carbocycles. The first-order chi connectivity index (χ1) is 15.3. The Balaban J connectivity index is 2.71. The van der Waals surface area contributed by atoms with Crippen LogP contribution in [0.5, 0.6) is 0 Å². The number of hydrogen-bond donors (Lipinski definition) is 1. The molecule has 1 N–H and O–H groups in total. The van der Waals surface area contributed by atoms with E-state index in [1.54, 1.807) is 14.2 Å². The number of ketones is 1. The number of allylic oxidation sites excluding steroid dienone is 4. The smallest absolute Gasteiger partial charge is 0.140 e. The van der Waals surface area contributed by atoms with Crippen molar-refractivity contribution < 1.29 is 19.4 Å². The number of aliphatic hydroxyl groups excluding tert-OH is 1.